The lowest BCUT2D eigenvalue weighted by Gasteiger charge is -2.18. The third-order valence-corrected chi connectivity index (χ3v) is 10.6. The largest absolute Gasteiger partial charge is 0.462 e. The first-order valence-electron chi connectivity index (χ1n) is 24.6. The van der Waals surface area contributed by atoms with Crippen molar-refractivity contribution >= 4 is 17.9 Å². The summed E-state index contributed by atoms with van der Waals surface area (Å²) in [6.45, 7) is 6.48. The van der Waals surface area contributed by atoms with E-state index in [1.807, 2.05) is 0 Å². The SMILES string of the molecule is CC/C=C\C/C=C\C/C=C\C/C=C\CCCCCCCCCCC(=O)OCC(COC(=O)CCCCCCCCC)OC(=O)CCCCCCCCCCCCCC. The highest BCUT2D eigenvalue weighted by molar-refractivity contribution is 5.71. The molecule has 0 rings (SSSR count). The zero-order valence-corrected chi connectivity index (χ0v) is 38.3. The van der Waals surface area contributed by atoms with Crippen LogP contribution >= 0.6 is 0 Å². The Morgan fingerprint density at radius 1 is 0.362 bits per heavy atom. The van der Waals surface area contributed by atoms with Crippen molar-refractivity contribution in [1.29, 1.82) is 0 Å². The molecule has 0 amide bonds. The van der Waals surface area contributed by atoms with Gasteiger partial charge in [-0.05, 0) is 57.8 Å². The molecule has 0 radical (unpaired) electrons. The third-order valence-electron chi connectivity index (χ3n) is 10.6. The fourth-order valence-electron chi connectivity index (χ4n) is 6.90. The lowest BCUT2D eigenvalue weighted by atomic mass is 10.0. The fourth-order valence-corrected chi connectivity index (χ4v) is 6.90. The summed E-state index contributed by atoms with van der Waals surface area (Å²) in [7, 11) is 0. The van der Waals surface area contributed by atoms with E-state index < -0.39 is 6.10 Å². The standard InChI is InChI=1S/C52H92O6/c1-4-7-10-13-16-18-20-22-23-24-25-26-27-28-29-30-32-33-36-39-42-45-51(54)57-48-49(47-56-50(53)44-41-38-35-15-12-9-6-3)58-52(55)46-43-40-37-34-31-21-19-17-14-11-8-5-2/h7,10,16,18,22-23,25-26,49H,4-6,8-9,11-15,17,19-21,24,27-48H2,1-3H3/b10-7-,18-16-,23-22-,26-25-. The second-order valence-corrected chi connectivity index (χ2v) is 16.4. The van der Waals surface area contributed by atoms with Crippen LogP contribution in [0.3, 0.4) is 0 Å². The molecule has 336 valence electrons. The molecule has 0 aromatic carbocycles. The number of esters is 3. The predicted molar refractivity (Wildman–Crippen MR) is 247 cm³/mol. The molecule has 0 fully saturated rings. The quantitative estimate of drug-likeness (QED) is 0.0264. The Bertz CT molecular complexity index is 1030. The van der Waals surface area contributed by atoms with Crippen LogP contribution in [0.25, 0.3) is 0 Å². The fraction of sp³-hybridized carbons (Fsp3) is 0.788. The van der Waals surface area contributed by atoms with Gasteiger partial charge < -0.3 is 14.2 Å². The summed E-state index contributed by atoms with van der Waals surface area (Å²) in [5.41, 5.74) is 0. The van der Waals surface area contributed by atoms with Crippen molar-refractivity contribution in [2.75, 3.05) is 13.2 Å². The van der Waals surface area contributed by atoms with E-state index in [0.29, 0.717) is 19.3 Å². The Hall–Kier alpha value is -2.63. The molecule has 0 aliphatic heterocycles. The molecule has 6 heteroatoms. The van der Waals surface area contributed by atoms with Crippen molar-refractivity contribution in [2.24, 2.45) is 0 Å². The molecule has 0 saturated heterocycles. The summed E-state index contributed by atoms with van der Waals surface area (Å²) in [5.74, 6) is -0.883. The van der Waals surface area contributed by atoms with E-state index in [-0.39, 0.29) is 31.1 Å². The highest BCUT2D eigenvalue weighted by Gasteiger charge is 2.19. The number of unbranched alkanes of at least 4 members (excludes halogenated alkanes) is 25. The number of hydrogen-bond donors (Lipinski definition) is 0. The molecule has 0 heterocycles. The van der Waals surface area contributed by atoms with Crippen LogP contribution in [0.2, 0.25) is 0 Å². The Balaban J connectivity index is 4.22. The van der Waals surface area contributed by atoms with Gasteiger partial charge in [0.15, 0.2) is 6.10 Å². The van der Waals surface area contributed by atoms with Gasteiger partial charge in [-0.1, -0.05) is 217 Å². The zero-order chi connectivity index (χ0) is 42.3. The van der Waals surface area contributed by atoms with E-state index in [9.17, 15) is 14.4 Å². The molecule has 1 atom stereocenters. The molecule has 0 aromatic heterocycles. The summed E-state index contributed by atoms with van der Waals surface area (Å²) >= 11 is 0. The maximum absolute atomic E-state index is 12.7. The first-order valence-corrected chi connectivity index (χ1v) is 24.6. The minimum atomic E-state index is -0.769. The maximum Gasteiger partial charge on any atom is 0.306 e. The van der Waals surface area contributed by atoms with E-state index in [4.69, 9.17) is 14.2 Å². The molecule has 0 spiro atoms. The van der Waals surface area contributed by atoms with Crippen LogP contribution < -0.4 is 0 Å². The topological polar surface area (TPSA) is 78.9 Å². The molecule has 0 aromatic rings. The van der Waals surface area contributed by atoms with E-state index in [1.165, 1.54) is 116 Å². The van der Waals surface area contributed by atoms with Crippen LogP contribution in [-0.2, 0) is 28.6 Å². The molecule has 6 nitrogen and oxygen atoms in total. The summed E-state index contributed by atoms with van der Waals surface area (Å²) < 4.78 is 16.7. The summed E-state index contributed by atoms with van der Waals surface area (Å²) in [6, 6.07) is 0. The normalized spacial score (nSPS) is 12.4. The Morgan fingerprint density at radius 3 is 1.05 bits per heavy atom. The molecule has 58 heavy (non-hydrogen) atoms. The number of rotatable bonds is 44. The van der Waals surface area contributed by atoms with Gasteiger partial charge in [-0.25, -0.2) is 0 Å². The van der Waals surface area contributed by atoms with Gasteiger partial charge in [-0.2, -0.15) is 0 Å². The minimum Gasteiger partial charge on any atom is -0.462 e. The molecular formula is C52H92O6. The van der Waals surface area contributed by atoms with Crippen molar-refractivity contribution in [2.45, 2.75) is 252 Å². The Kier molecular flexibility index (Phi) is 44.9. The van der Waals surface area contributed by atoms with E-state index in [0.717, 1.165) is 89.9 Å². The first-order chi connectivity index (χ1) is 28.5. The lowest BCUT2D eigenvalue weighted by molar-refractivity contribution is -0.167. The third kappa shape index (κ3) is 44.5. The van der Waals surface area contributed by atoms with Crippen LogP contribution in [0.5, 0.6) is 0 Å². The summed E-state index contributed by atoms with van der Waals surface area (Å²) in [4.78, 5) is 37.7. The Morgan fingerprint density at radius 2 is 0.672 bits per heavy atom. The summed E-state index contributed by atoms with van der Waals surface area (Å²) in [5, 5.41) is 0. The highest BCUT2D eigenvalue weighted by Crippen LogP contribution is 2.15. The number of hydrogen-bond acceptors (Lipinski definition) is 6. The van der Waals surface area contributed by atoms with Gasteiger partial charge in [0.2, 0.25) is 0 Å². The minimum absolute atomic E-state index is 0.0732. The van der Waals surface area contributed by atoms with Gasteiger partial charge in [0.1, 0.15) is 13.2 Å². The van der Waals surface area contributed by atoms with Gasteiger partial charge in [-0.3, -0.25) is 14.4 Å². The molecule has 0 N–H and O–H groups in total. The van der Waals surface area contributed by atoms with Crippen molar-refractivity contribution < 1.29 is 28.6 Å². The lowest BCUT2D eigenvalue weighted by Crippen LogP contribution is -2.30. The van der Waals surface area contributed by atoms with Gasteiger partial charge in [0, 0.05) is 19.3 Å². The Labute approximate surface area is 358 Å². The molecule has 0 saturated carbocycles. The zero-order valence-electron chi connectivity index (χ0n) is 38.3. The van der Waals surface area contributed by atoms with Crippen LogP contribution in [-0.4, -0.2) is 37.2 Å². The summed E-state index contributed by atoms with van der Waals surface area (Å²) in [6.07, 6.45) is 55.4. The number of ether oxygens (including phenoxy) is 3. The second kappa shape index (κ2) is 47.1. The smallest absolute Gasteiger partial charge is 0.306 e. The highest BCUT2D eigenvalue weighted by atomic mass is 16.6. The van der Waals surface area contributed by atoms with Crippen molar-refractivity contribution in [3.05, 3.63) is 48.6 Å². The van der Waals surface area contributed by atoms with Gasteiger partial charge in [0.05, 0.1) is 0 Å². The van der Waals surface area contributed by atoms with Crippen LogP contribution in [0.4, 0.5) is 0 Å². The average molecular weight is 813 g/mol. The number of allylic oxidation sites excluding steroid dienone is 8. The molecule has 0 aliphatic carbocycles. The van der Waals surface area contributed by atoms with Gasteiger partial charge in [0.25, 0.3) is 0 Å². The monoisotopic (exact) mass is 813 g/mol. The first kappa shape index (κ1) is 55.4. The van der Waals surface area contributed by atoms with Crippen molar-refractivity contribution in [1.82, 2.24) is 0 Å². The molecule has 1 unspecified atom stereocenters. The van der Waals surface area contributed by atoms with Crippen molar-refractivity contribution in [3.63, 3.8) is 0 Å². The van der Waals surface area contributed by atoms with Crippen molar-refractivity contribution in [3.8, 4) is 0 Å². The predicted octanol–water partition coefficient (Wildman–Crippen LogP) is 15.9. The number of carbonyl (C=O) groups excluding carboxylic acids is 3. The molecular weight excluding hydrogens is 721 g/mol. The molecule has 0 bridgehead atoms. The average Bonchev–Trinajstić information content (AvgIpc) is 3.22. The van der Waals surface area contributed by atoms with E-state index >= 15 is 0 Å². The van der Waals surface area contributed by atoms with Gasteiger partial charge >= 0.3 is 17.9 Å². The van der Waals surface area contributed by atoms with Crippen LogP contribution in [0, 0.1) is 0 Å². The van der Waals surface area contributed by atoms with Crippen LogP contribution in [0.15, 0.2) is 48.6 Å². The van der Waals surface area contributed by atoms with E-state index in [2.05, 4.69) is 69.4 Å². The molecule has 0 aliphatic rings. The number of carbonyl (C=O) groups is 3. The van der Waals surface area contributed by atoms with E-state index in [1.54, 1.807) is 0 Å². The van der Waals surface area contributed by atoms with Gasteiger partial charge in [-0.15, -0.1) is 0 Å². The van der Waals surface area contributed by atoms with Crippen LogP contribution in [0.1, 0.15) is 245 Å². The second-order valence-electron chi connectivity index (χ2n) is 16.4. The maximum atomic E-state index is 12.7.